The highest BCUT2D eigenvalue weighted by Crippen LogP contribution is 2.20. The van der Waals surface area contributed by atoms with Crippen molar-refractivity contribution >= 4 is 23.2 Å². The van der Waals surface area contributed by atoms with Crippen molar-refractivity contribution in [2.45, 2.75) is 6.92 Å². The molecule has 0 bridgehead atoms. The third kappa shape index (κ3) is 4.29. The van der Waals surface area contributed by atoms with E-state index in [2.05, 4.69) is 15.6 Å². The minimum absolute atomic E-state index is 0.164. The number of benzene rings is 2. The maximum atomic E-state index is 12.5. The highest BCUT2D eigenvalue weighted by atomic mass is 16.2. The largest absolute Gasteiger partial charge is 0.326 e. The molecule has 2 N–H and O–H groups in total. The van der Waals surface area contributed by atoms with E-state index in [9.17, 15) is 9.59 Å². The molecule has 0 spiro atoms. The lowest BCUT2D eigenvalue weighted by atomic mass is 10.1. The lowest BCUT2D eigenvalue weighted by Gasteiger charge is -2.09. The monoisotopic (exact) mass is 331 g/mol. The lowest BCUT2D eigenvalue weighted by molar-refractivity contribution is -0.114. The second kappa shape index (κ2) is 7.40. The predicted octanol–water partition coefficient (Wildman–Crippen LogP) is 3.96. The zero-order chi connectivity index (χ0) is 17.6. The average molecular weight is 331 g/mol. The second-order valence-electron chi connectivity index (χ2n) is 5.54. The first kappa shape index (κ1) is 16.4. The number of pyridine rings is 1. The fraction of sp³-hybridized carbons (Fsp3) is 0.0500. The molecule has 0 aliphatic rings. The molecule has 124 valence electrons. The molecule has 0 atom stereocenters. The van der Waals surface area contributed by atoms with Crippen LogP contribution in [0.2, 0.25) is 0 Å². The van der Waals surface area contributed by atoms with Gasteiger partial charge in [0.15, 0.2) is 0 Å². The molecular weight excluding hydrogens is 314 g/mol. The first-order valence-corrected chi connectivity index (χ1v) is 7.81. The van der Waals surface area contributed by atoms with Gasteiger partial charge in [-0.25, -0.2) is 0 Å². The van der Waals surface area contributed by atoms with Crippen molar-refractivity contribution < 1.29 is 9.59 Å². The summed E-state index contributed by atoms with van der Waals surface area (Å²) in [4.78, 5) is 27.8. The van der Waals surface area contributed by atoms with E-state index < -0.39 is 0 Å². The molecule has 5 heteroatoms. The van der Waals surface area contributed by atoms with E-state index in [1.54, 1.807) is 36.5 Å². The Morgan fingerprint density at radius 1 is 0.800 bits per heavy atom. The third-order valence-corrected chi connectivity index (χ3v) is 3.55. The highest BCUT2D eigenvalue weighted by molar-refractivity contribution is 6.05. The van der Waals surface area contributed by atoms with Gasteiger partial charge in [-0.05, 0) is 29.8 Å². The van der Waals surface area contributed by atoms with Gasteiger partial charge in [-0.3, -0.25) is 14.6 Å². The van der Waals surface area contributed by atoms with Crippen molar-refractivity contribution in [1.82, 2.24) is 4.98 Å². The van der Waals surface area contributed by atoms with Gasteiger partial charge in [0, 0.05) is 36.3 Å². The van der Waals surface area contributed by atoms with Crippen LogP contribution in [0.25, 0.3) is 11.1 Å². The Hall–Kier alpha value is -3.47. The Morgan fingerprint density at radius 2 is 1.52 bits per heavy atom. The summed E-state index contributed by atoms with van der Waals surface area (Å²) in [6, 6.07) is 18.5. The quantitative estimate of drug-likeness (QED) is 0.760. The van der Waals surface area contributed by atoms with Gasteiger partial charge < -0.3 is 10.6 Å². The molecule has 0 aliphatic heterocycles. The summed E-state index contributed by atoms with van der Waals surface area (Å²) in [5.41, 5.74) is 3.56. The molecule has 0 saturated carbocycles. The Morgan fingerprint density at radius 3 is 2.24 bits per heavy atom. The van der Waals surface area contributed by atoms with Gasteiger partial charge in [0.25, 0.3) is 5.91 Å². The van der Waals surface area contributed by atoms with Gasteiger partial charge in [0.1, 0.15) is 0 Å². The Bertz CT molecular complexity index is 908. The number of aromatic nitrogens is 1. The maximum Gasteiger partial charge on any atom is 0.257 e. The minimum atomic E-state index is -0.259. The van der Waals surface area contributed by atoms with Crippen LogP contribution in [0, 0.1) is 0 Å². The highest BCUT2D eigenvalue weighted by Gasteiger charge is 2.09. The molecule has 0 saturated heterocycles. The average Bonchev–Trinajstić information content (AvgIpc) is 2.62. The summed E-state index contributed by atoms with van der Waals surface area (Å²) >= 11 is 0. The van der Waals surface area contributed by atoms with Gasteiger partial charge in [0.05, 0.1) is 5.56 Å². The summed E-state index contributed by atoms with van der Waals surface area (Å²) in [5.74, 6) is -0.423. The predicted molar refractivity (Wildman–Crippen MR) is 98.4 cm³/mol. The normalized spacial score (nSPS) is 10.1. The number of hydrogen-bond acceptors (Lipinski definition) is 3. The first-order valence-electron chi connectivity index (χ1n) is 7.81. The molecule has 0 unspecified atom stereocenters. The summed E-state index contributed by atoms with van der Waals surface area (Å²) in [6.07, 6.45) is 3.25. The number of nitrogens with one attached hydrogen (secondary N) is 2. The minimum Gasteiger partial charge on any atom is -0.326 e. The van der Waals surface area contributed by atoms with E-state index >= 15 is 0 Å². The van der Waals surface area contributed by atoms with Crippen LogP contribution in [-0.4, -0.2) is 16.8 Å². The van der Waals surface area contributed by atoms with E-state index in [0.717, 1.165) is 11.1 Å². The summed E-state index contributed by atoms with van der Waals surface area (Å²) in [6.45, 7) is 1.44. The number of anilines is 2. The van der Waals surface area contributed by atoms with Gasteiger partial charge in [-0.1, -0.05) is 36.4 Å². The van der Waals surface area contributed by atoms with Crippen molar-refractivity contribution in [3.05, 3.63) is 78.6 Å². The van der Waals surface area contributed by atoms with Gasteiger partial charge in [-0.2, -0.15) is 0 Å². The summed E-state index contributed by atoms with van der Waals surface area (Å²) in [5, 5.41) is 5.51. The molecule has 3 aromatic rings. The van der Waals surface area contributed by atoms with Crippen LogP contribution in [-0.2, 0) is 4.79 Å². The molecule has 1 aromatic heterocycles. The number of amides is 2. The summed E-state index contributed by atoms with van der Waals surface area (Å²) < 4.78 is 0. The molecular formula is C20H17N3O2. The summed E-state index contributed by atoms with van der Waals surface area (Å²) in [7, 11) is 0. The molecule has 3 rings (SSSR count). The van der Waals surface area contributed by atoms with E-state index in [1.807, 2.05) is 30.3 Å². The van der Waals surface area contributed by atoms with Crippen LogP contribution >= 0.6 is 0 Å². The topological polar surface area (TPSA) is 71.1 Å². The fourth-order valence-corrected chi connectivity index (χ4v) is 2.43. The molecule has 0 fully saturated rings. The molecule has 25 heavy (non-hydrogen) atoms. The van der Waals surface area contributed by atoms with Crippen molar-refractivity contribution in [3.63, 3.8) is 0 Å². The zero-order valence-electron chi connectivity index (χ0n) is 13.7. The number of rotatable bonds is 4. The first-order chi connectivity index (χ1) is 12.1. The fourth-order valence-electron chi connectivity index (χ4n) is 2.43. The van der Waals surface area contributed by atoms with Crippen LogP contribution in [0.15, 0.2) is 73.1 Å². The lowest BCUT2D eigenvalue weighted by Crippen LogP contribution is -2.13. The van der Waals surface area contributed by atoms with Crippen molar-refractivity contribution in [2.75, 3.05) is 10.6 Å². The molecule has 2 amide bonds. The number of carbonyl (C=O) groups excluding carboxylic acids is 2. The van der Waals surface area contributed by atoms with Gasteiger partial charge >= 0.3 is 0 Å². The number of nitrogens with zero attached hydrogens (tertiary/aromatic N) is 1. The standard InChI is InChI=1S/C20H17N3O2/c1-14(24)22-18-8-5-9-19(11-18)23-20(25)17-10-16(12-21-13-17)15-6-3-2-4-7-15/h2-13H,1H3,(H,22,24)(H,23,25). The Kier molecular flexibility index (Phi) is 4.85. The van der Waals surface area contributed by atoms with Crippen molar-refractivity contribution in [1.29, 1.82) is 0 Å². The molecule has 0 aliphatic carbocycles. The van der Waals surface area contributed by atoms with Crippen molar-refractivity contribution in [2.24, 2.45) is 0 Å². The molecule has 0 radical (unpaired) electrons. The van der Waals surface area contributed by atoms with E-state index in [0.29, 0.717) is 16.9 Å². The van der Waals surface area contributed by atoms with Gasteiger partial charge in [-0.15, -0.1) is 0 Å². The SMILES string of the molecule is CC(=O)Nc1cccc(NC(=O)c2cncc(-c3ccccc3)c2)c1. The van der Waals surface area contributed by atoms with Gasteiger partial charge in [0.2, 0.25) is 5.91 Å². The third-order valence-electron chi connectivity index (χ3n) is 3.55. The molecule has 5 nitrogen and oxygen atoms in total. The van der Waals surface area contributed by atoms with E-state index in [1.165, 1.54) is 13.1 Å². The van der Waals surface area contributed by atoms with E-state index in [-0.39, 0.29) is 11.8 Å². The van der Waals surface area contributed by atoms with Crippen LogP contribution in [0.3, 0.4) is 0 Å². The number of hydrogen-bond donors (Lipinski definition) is 2. The number of carbonyl (C=O) groups is 2. The van der Waals surface area contributed by atoms with Crippen LogP contribution in [0.4, 0.5) is 11.4 Å². The second-order valence-corrected chi connectivity index (χ2v) is 5.54. The Balaban J connectivity index is 1.79. The Labute approximate surface area is 145 Å². The molecule has 2 aromatic carbocycles. The van der Waals surface area contributed by atoms with E-state index in [4.69, 9.17) is 0 Å². The van der Waals surface area contributed by atoms with Crippen LogP contribution < -0.4 is 10.6 Å². The molecule has 1 heterocycles. The van der Waals surface area contributed by atoms with Crippen molar-refractivity contribution in [3.8, 4) is 11.1 Å². The van der Waals surface area contributed by atoms with Crippen LogP contribution in [0.1, 0.15) is 17.3 Å². The maximum absolute atomic E-state index is 12.5. The smallest absolute Gasteiger partial charge is 0.257 e. The van der Waals surface area contributed by atoms with Crippen LogP contribution in [0.5, 0.6) is 0 Å². The zero-order valence-corrected chi connectivity index (χ0v) is 13.7.